The third-order valence-corrected chi connectivity index (χ3v) is 2.79. The van der Waals surface area contributed by atoms with Gasteiger partial charge < -0.3 is 14.3 Å². The third kappa shape index (κ3) is 1.30. The van der Waals surface area contributed by atoms with E-state index in [2.05, 4.69) is 20.3 Å². The van der Waals surface area contributed by atoms with Gasteiger partial charge in [0.05, 0.1) is 6.33 Å². The van der Waals surface area contributed by atoms with Crippen molar-refractivity contribution in [2.45, 2.75) is 13.3 Å². The first-order valence-corrected chi connectivity index (χ1v) is 5.52. The molecule has 6 nitrogen and oxygen atoms in total. The van der Waals surface area contributed by atoms with Crippen LogP contribution in [0.2, 0.25) is 0 Å². The molecule has 0 spiro atoms. The van der Waals surface area contributed by atoms with Crippen LogP contribution in [0.3, 0.4) is 0 Å². The summed E-state index contributed by atoms with van der Waals surface area (Å²) in [5.74, 6) is 1.41. The van der Waals surface area contributed by atoms with Crippen molar-refractivity contribution in [3.63, 3.8) is 0 Å². The molecule has 3 aromatic heterocycles. The molecule has 0 bridgehead atoms. The number of fused-ring (bicyclic) bond motifs is 3. The van der Waals surface area contributed by atoms with Gasteiger partial charge in [0.1, 0.15) is 11.0 Å². The zero-order valence-corrected chi connectivity index (χ0v) is 9.98. The minimum Gasteiger partial charge on any atom is -0.422 e. The Balaban J connectivity index is 2.50. The van der Waals surface area contributed by atoms with Crippen LogP contribution in [-0.4, -0.2) is 26.6 Å². The van der Waals surface area contributed by atoms with Gasteiger partial charge in [0.25, 0.3) is 5.71 Å². The van der Waals surface area contributed by atoms with E-state index >= 15 is 0 Å². The number of oxazole rings is 1. The Morgan fingerprint density at radius 2 is 2.18 bits per heavy atom. The Morgan fingerprint density at radius 1 is 1.35 bits per heavy atom. The van der Waals surface area contributed by atoms with E-state index < -0.39 is 0 Å². The molecule has 6 heteroatoms. The van der Waals surface area contributed by atoms with Gasteiger partial charge in [-0.1, -0.05) is 6.92 Å². The molecule has 0 radical (unpaired) electrons. The van der Waals surface area contributed by atoms with Gasteiger partial charge in [-0.3, -0.25) is 0 Å². The van der Waals surface area contributed by atoms with E-state index in [1.54, 1.807) is 6.33 Å². The highest BCUT2D eigenvalue weighted by atomic mass is 16.4. The molecule has 0 aliphatic rings. The average Bonchev–Trinajstić information content (AvgIpc) is 2.91. The van der Waals surface area contributed by atoms with Gasteiger partial charge in [0, 0.05) is 20.5 Å². The normalized spacial score (nSPS) is 11.5. The first-order chi connectivity index (χ1) is 8.24. The summed E-state index contributed by atoms with van der Waals surface area (Å²) in [6.45, 7) is 2.00. The standard InChI is InChI=1S/C11H13N5O/c1-4-6-14-8-9-7(13-5-16(9)3)10(12-2)15-11(8)17-6/h5H,4H2,1-3H3,(H,12,15). The molecule has 17 heavy (non-hydrogen) atoms. The summed E-state index contributed by atoms with van der Waals surface area (Å²) >= 11 is 0. The van der Waals surface area contributed by atoms with Crippen LogP contribution in [0.15, 0.2) is 10.7 Å². The summed E-state index contributed by atoms with van der Waals surface area (Å²) in [5.41, 5.74) is 3.10. The predicted octanol–water partition coefficient (Wildman–Crippen LogP) is 1.71. The minimum atomic E-state index is 0.558. The number of imidazole rings is 1. The lowest BCUT2D eigenvalue weighted by atomic mass is 10.3. The highest BCUT2D eigenvalue weighted by Gasteiger charge is 2.16. The molecule has 0 atom stereocenters. The Bertz CT molecular complexity index is 697. The molecule has 0 saturated heterocycles. The molecule has 0 aliphatic carbocycles. The Labute approximate surface area is 97.7 Å². The zero-order chi connectivity index (χ0) is 12.0. The summed E-state index contributed by atoms with van der Waals surface area (Å²) in [6, 6.07) is 0. The molecule has 3 rings (SSSR count). The summed E-state index contributed by atoms with van der Waals surface area (Å²) < 4.78 is 7.52. The van der Waals surface area contributed by atoms with Crippen LogP contribution in [0, 0.1) is 0 Å². The fourth-order valence-corrected chi connectivity index (χ4v) is 1.95. The van der Waals surface area contributed by atoms with Crippen LogP contribution >= 0.6 is 0 Å². The van der Waals surface area contributed by atoms with Crippen LogP contribution in [0.25, 0.3) is 22.3 Å². The number of nitrogens with zero attached hydrogens (tertiary/aromatic N) is 4. The molecule has 0 aliphatic heterocycles. The third-order valence-electron chi connectivity index (χ3n) is 2.79. The second-order valence-corrected chi connectivity index (χ2v) is 3.88. The molecule has 3 heterocycles. The second kappa shape index (κ2) is 3.44. The van der Waals surface area contributed by atoms with Crippen molar-refractivity contribution in [3.05, 3.63) is 12.2 Å². The maximum atomic E-state index is 5.59. The molecule has 0 aromatic carbocycles. The van der Waals surface area contributed by atoms with Gasteiger partial charge in [-0.05, 0) is 0 Å². The van der Waals surface area contributed by atoms with Gasteiger partial charge in [0.2, 0.25) is 0 Å². The summed E-state index contributed by atoms with van der Waals surface area (Å²) in [7, 11) is 3.76. The molecular weight excluding hydrogens is 218 g/mol. The van der Waals surface area contributed by atoms with Crippen LogP contribution in [0.5, 0.6) is 0 Å². The molecule has 88 valence electrons. The first-order valence-electron chi connectivity index (χ1n) is 5.52. The van der Waals surface area contributed by atoms with E-state index in [9.17, 15) is 0 Å². The molecule has 3 aromatic rings. The topological polar surface area (TPSA) is 68.8 Å². The quantitative estimate of drug-likeness (QED) is 0.727. The number of hydrogen-bond acceptors (Lipinski definition) is 5. The van der Waals surface area contributed by atoms with Crippen molar-refractivity contribution in [1.29, 1.82) is 0 Å². The lowest BCUT2D eigenvalue weighted by Gasteiger charge is -2.00. The molecule has 0 fully saturated rings. The Morgan fingerprint density at radius 3 is 2.88 bits per heavy atom. The van der Waals surface area contributed by atoms with Crippen molar-refractivity contribution in [2.24, 2.45) is 7.05 Å². The van der Waals surface area contributed by atoms with Crippen molar-refractivity contribution < 1.29 is 4.42 Å². The van der Waals surface area contributed by atoms with E-state index in [0.29, 0.717) is 17.4 Å². The monoisotopic (exact) mass is 231 g/mol. The summed E-state index contributed by atoms with van der Waals surface area (Å²) in [4.78, 5) is 13.2. The predicted molar refractivity (Wildman–Crippen MR) is 65.0 cm³/mol. The second-order valence-electron chi connectivity index (χ2n) is 3.88. The van der Waals surface area contributed by atoms with Crippen LogP contribution in [0.1, 0.15) is 12.8 Å². The number of aromatic nitrogens is 4. The Kier molecular flexibility index (Phi) is 2.04. The lowest BCUT2D eigenvalue weighted by Crippen LogP contribution is -1.95. The van der Waals surface area contributed by atoms with Crippen molar-refractivity contribution >= 4 is 28.1 Å². The maximum absolute atomic E-state index is 5.59. The Hall–Kier alpha value is -2.11. The van der Waals surface area contributed by atoms with Gasteiger partial charge in [0.15, 0.2) is 17.2 Å². The average molecular weight is 231 g/mol. The van der Waals surface area contributed by atoms with Gasteiger partial charge >= 0.3 is 0 Å². The number of rotatable bonds is 2. The van der Waals surface area contributed by atoms with Crippen LogP contribution in [-0.2, 0) is 13.5 Å². The fraction of sp³-hybridized carbons (Fsp3) is 0.364. The largest absolute Gasteiger partial charge is 0.422 e. The number of anilines is 1. The van der Waals surface area contributed by atoms with Crippen LogP contribution < -0.4 is 5.32 Å². The van der Waals surface area contributed by atoms with Gasteiger partial charge in [-0.25, -0.2) is 9.97 Å². The first kappa shape index (κ1) is 10.1. The number of nitrogens with one attached hydrogen (secondary N) is 1. The maximum Gasteiger partial charge on any atom is 0.251 e. The molecule has 0 saturated carbocycles. The van der Waals surface area contributed by atoms with E-state index in [1.165, 1.54) is 0 Å². The fourth-order valence-electron chi connectivity index (χ4n) is 1.95. The van der Waals surface area contributed by atoms with Gasteiger partial charge in [-0.2, -0.15) is 4.98 Å². The van der Waals surface area contributed by atoms with Crippen LogP contribution in [0.4, 0.5) is 5.82 Å². The van der Waals surface area contributed by atoms with Crippen molar-refractivity contribution in [3.8, 4) is 0 Å². The molecular formula is C11H13N5O. The number of hydrogen-bond donors (Lipinski definition) is 1. The van der Waals surface area contributed by atoms with E-state index in [4.69, 9.17) is 4.42 Å². The van der Waals surface area contributed by atoms with E-state index in [1.807, 2.05) is 25.6 Å². The number of pyridine rings is 1. The van der Waals surface area contributed by atoms with Crippen molar-refractivity contribution in [2.75, 3.05) is 12.4 Å². The molecule has 0 unspecified atom stereocenters. The smallest absolute Gasteiger partial charge is 0.251 e. The van der Waals surface area contributed by atoms with Crippen molar-refractivity contribution in [1.82, 2.24) is 19.5 Å². The minimum absolute atomic E-state index is 0.558. The molecule has 0 amide bonds. The van der Waals surface area contributed by atoms with E-state index in [0.717, 1.165) is 23.0 Å². The summed E-state index contributed by atoms with van der Waals surface area (Å²) in [6.07, 6.45) is 2.51. The molecule has 1 N–H and O–H groups in total. The number of aryl methyl sites for hydroxylation is 2. The highest BCUT2D eigenvalue weighted by molar-refractivity contribution is 6.03. The van der Waals surface area contributed by atoms with E-state index in [-0.39, 0.29) is 0 Å². The van der Waals surface area contributed by atoms with Gasteiger partial charge in [-0.15, -0.1) is 0 Å². The SMILES string of the molecule is CCc1nc2c(nc(NC)c3ncn(C)c32)o1. The zero-order valence-electron chi connectivity index (χ0n) is 9.98. The highest BCUT2D eigenvalue weighted by Crippen LogP contribution is 2.27. The summed E-state index contributed by atoms with van der Waals surface area (Å²) in [5, 5.41) is 3.03. The lowest BCUT2D eigenvalue weighted by molar-refractivity contribution is 0.530.